The van der Waals surface area contributed by atoms with E-state index >= 15 is 0 Å². The quantitative estimate of drug-likeness (QED) is 0.208. The van der Waals surface area contributed by atoms with E-state index in [1.54, 1.807) is 0 Å². The van der Waals surface area contributed by atoms with Gasteiger partial charge in [0.05, 0.1) is 17.2 Å². The molecule has 0 fully saturated rings. The fourth-order valence-corrected chi connectivity index (χ4v) is 6.95. The van der Waals surface area contributed by atoms with Crippen molar-refractivity contribution in [1.29, 1.82) is 0 Å². The maximum atomic E-state index is 6.45. The lowest BCUT2D eigenvalue weighted by Gasteiger charge is -2.30. The first-order valence-electron chi connectivity index (χ1n) is 15.1. The van der Waals surface area contributed by atoms with Crippen molar-refractivity contribution in [2.75, 3.05) is 4.90 Å². The van der Waals surface area contributed by atoms with Crippen molar-refractivity contribution in [2.45, 2.75) is 18.6 Å². The second kappa shape index (κ2) is 9.99. The van der Waals surface area contributed by atoms with Crippen molar-refractivity contribution < 1.29 is 4.74 Å². The molecular formula is C40H29N3O. The summed E-state index contributed by atoms with van der Waals surface area (Å²) in [6, 6.07) is 43.3. The molecule has 1 aliphatic carbocycles. The summed E-state index contributed by atoms with van der Waals surface area (Å²) >= 11 is 0. The smallest absolute Gasteiger partial charge is 0.130 e. The number of nitrogens with zero attached hydrogens (tertiary/aromatic N) is 3. The van der Waals surface area contributed by atoms with Gasteiger partial charge in [0, 0.05) is 52.1 Å². The Morgan fingerprint density at radius 1 is 0.727 bits per heavy atom. The topological polar surface area (TPSA) is 30.3 Å². The standard InChI is InChI=1S/C40H29N3O/c1-2-10-30(11-3-1)43-37-19-17-31(23-36(37)33-20-21-41-25-38(33)43)42(26-27-14-15-28-8-4-5-9-29(28)22-27)32-16-18-35-34-12-6-7-13-39(34)44-40(35)24-32/h1-25,35,40H,26H2. The number of allylic oxidation sites excluding steroid dienone is 1. The van der Waals surface area contributed by atoms with Crippen LogP contribution in [0.25, 0.3) is 38.3 Å². The number of anilines is 1. The van der Waals surface area contributed by atoms with Crippen LogP contribution in [0.15, 0.2) is 158 Å². The summed E-state index contributed by atoms with van der Waals surface area (Å²) < 4.78 is 8.76. The molecule has 2 atom stereocenters. The average Bonchev–Trinajstić information content (AvgIpc) is 3.62. The Bertz CT molecular complexity index is 2260. The molecule has 0 amide bonds. The highest BCUT2D eigenvalue weighted by molar-refractivity contribution is 6.10. The molecule has 0 saturated heterocycles. The molecule has 44 heavy (non-hydrogen) atoms. The molecule has 4 nitrogen and oxygen atoms in total. The van der Waals surface area contributed by atoms with E-state index in [-0.39, 0.29) is 12.0 Å². The van der Waals surface area contributed by atoms with E-state index in [9.17, 15) is 0 Å². The Kier molecular flexibility index (Phi) is 5.66. The molecule has 0 N–H and O–H groups in total. The normalized spacial score (nSPS) is 17.0. The van der Waals surface area contributed by atoms with E-state index in [0.29, 0.717) is 0 Å². The first-order valence-corrected chi connectivity index (χ1v) is 15.1. The van der Waals surface area contributed by atoms with Crippen LogP contribution in [0.4, 0.5) is 5.69 Å². The van der Waals surface area contributed by atoms with Gasteiger partial charge in [-0.25, -0.2) is 0 Å². The Morgan fingerprint density at radius 3 is 2.50 bits per heavy atom. The van der Waals surface area contributed by atoms with E-state index in [0.717, 1.165) is 40.4 Å². The summed E-state index contributed by atoms with van der Waals surface area (Å²) in [5.74, 6) is 1.21. The van der Waals surface area contributed by atoms with Crippen LogP contribution in [-0.4, -0.2) is 15.7 Å². The van der Waals surface area contributed by atoms with E-state index in [1.807, 2.05) is 18.5 Å². The summed E-state index contributed by atoms with van der Waals surface area (Å²) in [7, 11) is 0. The van der Waals surface area contributed by atoms with Gasteiger partial charge in [0.1, 0.15) is 11.9 Å². The van der Waals surface area contributed by atoms with Gasteiger partial charge in [-0.15, -0.1) is 0 Å². The van der Waals surface area contributed by atoms with Gasteiger partial charge >= 0.3 is 0 Å². The van der Waals surface area contributed by atoms with Crippen LogP contribution in [0.5, 0.6) is 5.75 Å². The monoisotopic (exact) mass is 567 g/mol. The molecule has 2 unspecified atom stereocenters. The first-order chi connectivity index (χ1) is 21.8. The third-order valence-electron chi connectivity index (χ3n) is 9.05. The van der Waals surface area contributed by atoms with Crippen molar-refractivity contribution in [2.24, 2.45) is 0 Å². The largest absolute Gasteiger partial charge is 0.485 e. The SMILES string of the molecule is C1=CC2c3ccccc3OC2C=C1N(Cc1ccc2ccccc2c1)c1ccc2c(c1)c1ccncc1n2-c1ccccc1. The average molecular weight is 568 g/mol. The minimum atomic E-state index is -0.0266. The highest BCUT2D eigenvalue weighted by atomic mass is 16.5. The van der Waals surface area contributed by atoms with Gasteiger partial charge in [0.25, 0.3) is 0 Å². The summed E-state index contributed by atoms with van der Waals surface area (Å²) in [5, 5.41) is 4.90. The van der Waals surface area contributed by atoms with E-state index < -0.39 is 0 Å². The molecule has 2 aromatic heterocycles. The predicted molar refractivity (Wildman–Crippen MR) is 180 cm³/mol. The molecular weight excluding hydrogens is 538 g/mol. The number of hydrogen-bond acceptors (Lipinski definition) is 3. The summed E-state index contributed by atoms with van der Waals surface area (Å²) in [5.41, 5.74) is 8.18. The van der Waals surface area contributed by atoms with Gasteiger partial charge < -0.3 is 14.2 Å². The van der Waals surface area contributed by atoms with Crippen molar-refractivity contribution in [3.05, 3.63) is 169 Å². The molecule has 3 heterocycles. The number of benzene rings is 5. The van der Waals surface area contributed by atoms with E-state index in [4.69, 9.17) is 4.74 Å². The van der Waals surface area contributed by atoms with Crippen molar-refractivity contribution in [3.63, 3.8) is 0 Å². The minimum Gasteiger partial charge on any atom is -0.485 e. The van der Waals surface area contributed by atoms with Gasteiger partial charge in [-0.1, -0.05) is 78.9 Å². The van der Waals surface area contributed by atoms with Crippen LogP contribution < -0.4 is 9.64 Å². The van der Waals surface area contributed by atoms with Gasteiger partial charge in [0.2, 0.25) is 0 Å². The molecule has 9 rings (SSSR count). The third kappa shape index (κ3) is 4.03. The zero-order valence-electron chi connectivity index (χ0n) is 24.0. The van der Waals surface area contributed by atoms with E-state index in [1.165, 1.54) is 32.7 Å². The molecule has 1 aliphatic heterocycles. The number of pyridine rings is 1. The lowest BCUT2D eigenvalue weighted by atomic mass is 9.90. The van der Waals surface area contributed by atoms with E-state index in [2.05, 4.69) is 148 Å². The Balaban J connectivity index is 1.19. The molecule has 0 saturated carbocycles. The zero-order chi connectivity index (χ0) is 29.0. The molecule has 0 spiro atoms. The van der Waals surface area contributed by atoms with Gasteiger partial charge in [-0.2, -0.15) is 0 Å². The Hall–Kier alpha value is -5.61. The van der Waals surface area contributed by atoms with Crippen molar-refractivity contribution in [3.8, 4) is 11.4 Å². The molecule has 5 aromatic carbocycles. The summed E-state index contributed by atoms with van der Waals surface area (Å²) in [6.45, 7) is 0.732. The second-order valence-corrected chi connectivity index (χ2v) is 11.6. The lowest BCUT2D eigenvalue weighted by molar-refractivity contribution is 0.267. The van der Waals surface area contributed by atoms with Crippen LogP contribution in [-0.2, 0) is 6.54 Å². The first kappa shape index (κ1) is 24.9. The van der Waals surface area contributed by atoms with Gasteiger partial charge in [0.15, 0.2) is 0 Å². The van der Waals surface area contributed by atoms with Crippen LogP contribution in [0.1, 0.15) is 17.0 Å². The van der Waals surface area contributed by atoms with Crippen molar-refractivity contribution in [1.82, 2.24) is 9.55 Å². The minimum absolute atomic E-state index is 0.0266. The maximum Gasteiger partial charge on any atom is 0.130 e. The summed E-state index contributed by atoms with van der Waals surface area (Å²) in [6.07, 6.45) is 10.7. The zero-order valence-corrected chi connectivity index (χ0v) is 24.0. The predicted octanol–water partition coefficient (Wildman–Crippen LogP) is 9.34. The van der Waals surface area contributed by atoms with Crippen LogP contribution in [0.3, 0.4) is 0 Å². The molecule has 2 aliphatic rings. The highest BCUT2D eigenvalue weighted by Gasteiger charge is 2.34. The fourth-order valence-electron chi connectivity index (χ4n) is 6.95. The number of rotatable bonds is 5. The van der Waals surface area contributed by atoms with Crippen LogP contribution >= 0.6 is 0 Å². The number of para-hydroxylation sites is 2. The number of fused-ring (bicyclic) bond motifs is 7. The van der Waals surface area contributed by atoms with Crippen molar-refractivity contribution >= 4 is 38.3 Å². The van der Waals surface area contributed by atoms with Gasteiger partial charge in [-0.05, 0) is 77.0 Å². The highest BCUT2D eigenvalue weighted by Crippen LogP contribution is 2.43. The second-order valence-electron chi connectivity index (χ2n) is 11.6. The molecule has 210 valence electrons. The lowest BCUT2D eigenvalue weighted by Crippen LogP contribution is -2.27. The number of ether oxygens (including phenoxy) is 1. The summed E-state index contributed by atoms with van der Waals surface area (Å²) in [4.78, 5) is 6.92. The number of aromatic nitrogens is 2. The van der Waals surface area contributed by atoms with Crippen LogP contribution in [0, 0.1) is 0 Å². The Morgan fingerprint density at radius 2 is 1.57 bits per heavy atom. The number of hydrogen-bond donors (Lipinski definition) is 0. The van der Waals surface area contributed by atoms with Gasteiger partial charge in [-0.3, -0.25) is 4.98 Å². The molecule has 0 bridgehead atoms. The molecule has 0 radical (unpaired) electrons. The van der Waals surface area contributed by atoms with Crippen LogP contribution in [0.2, 0.25) is 0 Å². The molecule has 4 heteroatoms. The fraction of sp³-hybridized carbons (Fsp3) is 0.0750. The molecule has 7 aromatic rings. The maximum absolute atomic E-state index is 6.45. The Labute approximate surface area is 255 Å². The third-order valence-corrected chi connectivity index (χ3v) is 9.05.